The molecule has 0 saturated heterocycles. The van der Waals surface area contributed by atoms with Crippen molar-refractivity contribution in [2.75, 3.05) is 0 Å². The van der Waals surface area contributed by atoms with E-state index in [4.69, 9.17) is 4.99 Å². The lowest BCUT2D eigenvalue weighted by molar-refractivity contribution is 0.216. The Kier molecular flexibility index (Phi) is 6.20. The summed E-state index contributed by atoms with van der Waals surface area (Å²) in [5.41, 5.74) is 0.489. The molecule has 0 radical (unpaired) electrons. The van der Waals surface area contributed by atoms with Crippen molar-refractivity contribution in [2.45, 2.75) is 97.2 Å². The predicted molar refractivity (Wildman–Crippen MR) is 106 cm³/mol. The van der Waals surface area contributed by atoms with E-state index in [0.29, 0.717) is 24.0 Å². The minimum absolute atomic E-state index is 0.489. The van der Waals surface area contributed by atoms with E-state index in [2.05, 4.69) is 34.7 Å². The number of rotatable bonds is 4. The first kappa shape index (κ1) is 19.2. The molecule has 0 aromatic carbocycles. The molecule has 0 unspecified atom stereocenters. The summed E-state index contributed by atoms with van der Waals surface area (Å²) in [5, 5.41) is 15.8. The fourth-order valence-corrected chi connectivity index (χ4v) is 4.05. The quantitative estimate of drug-likeness (QED) is 0.637. The van der Waals surface area contributed by atoms with E-state index in [0.717, 1.165) is 17.6 Å². The summed E-state index contributed by atoms with van der Waals surface area (Å²) in [6.45, 7) is 7.31. The van der Waals surface area contributed by atoms with Crippen molar-refractivity contribution in [2.24, 2.45) is 17.5 Å². The molecule has 146 valence electrons. The molecule has 2 saturated carbocycles. The van der Waals surface area contributed by atoms with Crippen LogP contribution in [0, 0.1) is 12.3 Å². The van der Waals surface area contributed by atoms with Crippen LogP contribution in [0.15, 0.2) is 4.99 Å². The van der Waals surface area contributed by atoms with Crippen LogP contribution in [-0.4, -0.2) is 32.8 Å². The van der Waals surface area contributed by atoms with Crippen molar-refractivity contribution < 1.29 is 0 Å². The fourth-order valence-electron chi connectivity index (χ4n) is 4.05. The van der Waals surface area contributed by atoms with Gasteiger partial charge in [-0.1, -0.05) is 33.1 Å². The van der Waals surface area contributed by atoms with Gasteiger partial charge in [-0.2, -0.15) is 0 Å². The SMILES string of the molecule is Cc1nnc(CN=C(NC2CCCCC2)NC2CCC(C)(C)CC2)n1C. The van der Waals surface area contributed by atoms with E-state index >= 15 is 0 Å². The molecule has 1 heterocycles. The average molecular weight is 361 g/mol. The molecule has 0 spiro atoms. The largest absolute Gasteiger partial charge is 0.354 e. The Balaban J connectivity index is 1.64. The molecule has 2 aliphatic rings. The zero-order chi connectivity index (χ0) is 18.6. The average Bonchev–Trinajstić information content (AvgIpc) is 2.94. The van der Waals surface area contributed by atoms with Crippen LogP contribution in [-0.2, 0) is 13.6 Å². The molecular formula is C20H36N6. The second kappa shape index (κ2) is 8.40. The van der Waals surface area contributed by atoms with Gasteiger partial charge in [0.15, 0.2) is 11.8 Å². The highest BCUT2D eigenvalue weighted by molar-refractivity contribution is 5.80. The van der Waals surface area contributed by atoms with E-state index < -0.39 is 0 Å². The Hall–Kier alpha value is -1.59. The monoisotopic (exact) mass is 360 g/mol. The van der Waals surface area contributed by atoms with E-state index in [1.165, 1.54) is 57.8 Å². The number of aryl methyl sites for hydroxylation is 1. The third-order valence-electron chi connectivity index (χ3n) is 6.19. The minimum Gasteiger partial charge on any atom is -0.354 e. The third kappa shape index (κ3) is 5.21. The summed E-state index contributed by atoms with van der Waals surface area (Å²) in [5.74, 6) is 2.80. The maximum atomic E-state index is 4.86. The molecule has 1 aromatic heterocycles. The number of hydrogen-bond donors (Lipinski definition) is 2. The lowest BCUT2D eigenvalue weighted by atomic mass is 9.75. The summed E-state index contributed by atoms with van der Waals surface area (Å²) < 4.78 is 2.02. The van der Waals surface area contributed by atoms with Crippen molar-refractivity contribution in [3.63, 3.8) is 0 Å². The molecule has 2 N–H and O–H groups in total. The van der Waals surface area contributed by atoms with Crippen LogP contribution in [0.2, 0.25) is 0 Å². The summed E-state index contributed by atoms with van der Waals surface area (Å²) in [6, 6.07) is 1.08. The first-order chi connectivity index (χ1) is 12.4. The van der Waals surface area contributed by atoms with Crippen LogP contribution in [0.5, 0.6) is 0 Å². The predicted octanol–water partition coefficient (Wildman–Crippen LogP) is 3.46. The highest BCUT2D eigenvalue weighted by Crippen LogP contribution is 2.35. The molecule has 3 rings (SSSR count). The van der Waals surface area contributed by atoms with Crippen LogP contribution in [0.4, 0.5) is 0 Å². The van der Waals surface area contributed by atoms with Crippen LogP contribution in [0.25, 0.3) is 0 Å². The zero-order valence-corrected chi connectivity index (χ0v) is 17.0. The van der Waals surface area contributed by atoms with Crippen LogP contribution < -0.4 is 10.6 Å². The molecule has 2 aliphatic carbocycles. The Morgan fingerprint density at radius 1 is 1.04 bits per heavy atom. The van der Waals surface area contributed by atoms with E-state index in [1.807, 2.05) is 18.5 Å². The van der Waals surface area contributed by atoms with Crippen molar-refractivity contribution in [3.05, 3.63) is 11.6 Å². The summed E-state index contributed by atoms with van der Waals surface area (Å²) in [7, 11) is 2.01. The Morgan fingerprint density at radius 2 is 1.65 bits per heavy atom. The standard InChI is InChI=1S/C20H36N6/c1-15-24-25-18(26(15)4)14-21-19(22-16-8-6-5-7-9-16)23-17-10-12-20(2,3)13-11-17/h16-17H,5-14H2,1-4H3,(H2,21,22,23). The molecular weight excluding hydrogens is 324 g/mol. The maximum absolute atomic E-state index is 4.86. The van der Waals surface area contributed by atoms with E-state index in [-0.39, 0.29) is 0 Å². The summed E-state index contributed by atoms with van der Waals surface area (Å²) in [6.07, 6.45) is 11.5. The molecule has 0 aliphatic heterocycles. The topological polar surface area (TPSA) is 67.1 Å². The molecule has 0 atom stereocenters. The number of nitrogens with one attached hydrogen (secondary N) is 2. The Labute approximate surface area is 158 Å². The van der Waals surface area contributed by atoms with Gasteiger partial charge < -0.3 is 15.2 Å². The van der Waals surface area contributed by atoms with Crippen molar-refractivity contribution >= 4 is 5.96 Å². The van der Waals surface area contributed by atoms with Crippen LogP contribution >= 0.6 is 0 Å². The van der Waals surface area contributed by atoms with Gasteiger partial charge in [-0.25, -0.2) is 4.99 Å². The van der Waals surface area contributed by atoms with Gasteiger partial charge in [-0.3, -0.25) is 0 Å². The second-order valence-electron chi connectivity index (χ2n) is 8.95. The molecule has 0 amide bonds. The van der Waals surface area contributed by atoms with Gasteiger partial charge in [0.1, 0.15) is 12.4 Å². The van der Waals surface area contributed by atoms with Gasteiger partial charge >= 0.3 is 0 Å². The lowest BCUT2D eigenvalue weighted by Crippen LogP contribution is -2.49. The number of hydrogen-bond acceptors (Lipinski definition) is 3. The maximum Gasteiger partial charge on any atom is 0.192 e. The molecule has 2 fully saturated rings. The highest BCUT2D eigenvalue weighted by Gasteiger charge is 2.27. The molecule has 0 bridgehead atoms. The fraction of sp³-hybridized carbons (Fsp3) is 0.850. The number of aliphatic imine (C=N–C) groups is 1. The van der Waals surface area contributed by atoms with Gasteiger partial charge in [0.05, 0.1) is 0 Å². The van der Waals surface area contributed by atoms with Gasteiger partial charge in [-0.05, 0) is 50.9 Å². The van der Waals surface area contributed by atoms with Crippen molar-refractivity contribution in [3.8, 4) is 0 Å². The van der Waals surface area contributed by atoms with Crippen molar-refractivity contribution in [1.29, 1.82) is 0 Å². The first-order valence-electron chi connectivity index (χ1n) is 10.4. The Morgan fingerprint density at radius 3 is 2.23 bits per heavy atom. The lowest BCUT2D eigenvalue weighted by Gasteiger charge is -2.36. The number of nitrogens with zero attached hydrogens (tertiary/aromatic N) is 4. The molecule has 6 nitrogen and oxygen atoms in total. The van der Waals surface area contributed by atoms with Gasteiger partial charge in [0.25, 0.3) is 0 Å². The van der Waals surface area contributed by atoms with E-state index in [1.54, 1.807) is 0 Å². The summed E-state index contributed by atoms with van der Waals surface area (Å²) in [4.78, 5) is 4.86. The summed E-state index contributed by atoms with van der Waals surface area (Å²) >= 11 is 0. The van der Waals surface area contributed by atoms with Crippen molar-refractivity contribution in [1.82, 2.24) is 25.4 Å². The normalized spacial score (nSPS) is 22.4. The van der Waals surface area contributed by atoms with E-state index in [9.17, 15) is 0 Å². The van der Waals surface area contributed by atoms with Gasteiger partial charge in [-0.15, -0.1) is 10.2 Å². The van der Waals surface area contributed by atoms with Gasteiger partial charge in [0, 0.05) is 19.1 Å². The van der Waals surface area contributed by atoms with Crippen LogP contribution in [0.1, 0.15) is 83.3 Å². The Bertz CT molecular complexity index is 602. The molecule has 1 aromatic rings. The molecule has 26 heavy (non-hydrogen) atoms. The first-order valence-corrected chi connectivity index (χ1v) is 10.4. The minimum atomic E-state index is 0.489. The second-order valence-corrected chi connectivity index (χ2v) is 8.95. The highest BCUT2D eigenvalue weighted by atomic mass is 15.3. The van der Waals surface area contributed by atoms with Gasteiger partial charge in [0.2, 0.25) is 0 Å². The molecule has 6 heteroatoms. The number of guanidine groups is 1. The van der Waals surface area contributed by atoms with Crippen LogP contribution in [0.3, 0.4) is 0 Å². The number of aromatic nitrogens is 3. The third-order valence-corrected chi connectivity index (χ3v) is 6.19. The zero-order valence-electron chi connectivity index (χ0n) is 17.0. The smallest absolute Gasteiger partial charge is 0.192 e.